The standard InChI is InChI=1S/C29H28F2N6O3/c1-17-16-40-29-26(31)23(30)10-22-27(29)37(17)14-19(28(22)38)13-36(12-18-5-7-33-25(9-18)39-2)21-6-8-35(15-21)20-3-4-24(32)34-11-20/h3-7,9-11,14,17H,8,12-13,15-16H2,1-2H3,(H2,32,34). The maximum Gasteiger partial charge on any atom is 0.213 e. The van der Waals surface area contributed by atoms with Crippen molar-refractivity contribution < 1.29 is 18.3 Å². The van der Waals surface area contributed by atoms with Crippen LogP contribution in [0.1, 0.15) is 24.1 Å². The maximum atomic E-state index is 14.6. The molecule has 206 valence electrons. The van der Waals surface area contributed by atoms with Crippen LogP contribution in [0, 0.1) is 11.6 Å². The van der Waals surface area contributed by atoms with Gasteiger partial charge in [-0.3, -0.25) is 4.79 Å². The van der Waals surface area contributed by atoms with Crippen molar-refractivity contribution in [1.29, 1.82) is 0 Å². The summed E-state index contributed by atoms with van der Waals surface area (Å²) in [6.07, 6.45) is 7.27. The lowest BCUT2D eigenvalue weighted by Gasteiger charge is -2.30. The van der Waals surface area contributed by atoms with Gasteiger partial charge in [-0.15, -0.1) is 0 Å². The highest BCUT2D eigenvalue weighted by molar-refractivity contribution is 5.86. The number of benzene rings is 1. The van der Waals surface area contributed by atoms with Gasteiger partial charge in [-0.2, -0.15) is 4.39 Å². The minimum absolute atomic E-state index is 0.0958. The SMILES string of the molecule is COc1cc(CN(Cc2cn3c4c(c(F)c(F)cc4c2=O)OCC3C)C2=CCN(c3ccc(N)nc3)C2)ccn1. The van der Waals surface area contributed by atoms with Crippen molar-refractivity contribution in [3.63, 3.8) is 0 Å². The second kappa shape index (κ2) is 10.1. The molecule has 0 aliphatic carbocycles. The van der Waals surface area contributed by atoms with Crippen molar-refractivity contribution in [3.8, 4) is 11.6 Å². The van der Waals surface area contributed by atoms with Crippen LogP contribution < -0.4 is 25.5 Å². The molecule has 0 saturated carbocycles. The smallest absolute Gasteiger partial charge is 0.213 e. The number of rotatable bonds is 7. The number of methoxy groups -OCH3 is 1. The highest BCUT2D eigenvalue weighted by Crippen LogP contribution is 2.35. The first kappa shape index (κ1) is 25.6. The summed E-state index contributed by atoms with van der Waals surface area (Å²) in [5.74, 6) is -1.47. The lowest BCUT2D eigenvalue weighted by Crippen LogP contribution is -2.31. The molecule has 1 aromatic carbocycles. The fourth-order valence-electron chi connectivity index (χ4n) is 5.26. The Morgan fingerprint density at radius 2 is 2.05 bits per heavy atom. The minimum Gasteiger partial charge on any atom is -0.486 e. The molecule has 2 N–H and O–H groups in total. The Morgan fingerprint density at radius 3 is 2.83 bits per heavy atom. The van der Waals surface area contributed by atoms with Crippen LogP contribution >= 0.6 is 0 Å². The average Bonchev–Trinajstić information content (AvgIpc) is 3.45. The van der Waals surface area contributed by atoms with E-state index in [9.17, 15) is 13.6 Å². The van der Waals surface area contributed by atoms with Gasteiger partial charge < -0.3 is 29.6 Å². The normalized spacial score (nSPS) is 16.1. The third-order valence-corrected chi connectivity index (χ3v) is 7.37. The van der Waals surface area contributed by atoms with Crippen LogP contribution in [0.4, 0.5) is 20.3 Å². The van der Waals surface area contributed by atoms with Crippen LogP contribution in [0.15, 0.2) is 65.5 Å². The first-order valence-corrected chi connectivity index (χ1v) is 12.9. The van der Waals surface area contributed by atoms with Gasteiger partial charge in [0.15, 0.2) is 17.0 Å². The van der Waals surface area contributed by atoms with Gasteiger partial charge in [0.1, 0.15) is 12.4 Å². The molecular weight excluding hydrogens is 518 g/mol. The van der Waals surface area contributed by atoms with Crippen molar-refractivity contribution in [1.82, 2.24) is 19.4 Å². The van der Waals surface area contributed by atoms with Crippen LogP contribution in [0.3, 0.4) is 0 Å². The predicted octanol–water partition coefficient (Wildman–Crippen LogP) is 4.02. The number of nitrogen functional groups attached to an aromatic ring is 1. The largest absolute Gasteiger partial charge is 0.486 e. The topological polar surface area (TPSA) is 98.7 Å². The lowest BCUT2D eigenvalue weighted by molar-refractivity contribution is 0.233. The summed E-state index contributed by atoms with van der Waals surface area (Å²) in [4.78, 5) is 26.4. The summed E-state index contributed by atoms with van der Waals surface area (Å²) < 4.78 is 41.7. The number of nitrogens with two attached hydrogens (primary N) is 1. The predicted molar refractivity (Wildman–Crippen MR) is 147 cm³/mol. The van der Waals surface area contributed by atoms with Gasteiger partial charge in [0.05, 0.1) is 42.5 Å². The Labute approximate surface area is 229 Å². The Kier molecular flexibility index (Phi) is 6.49. The van der Waals surface area contributed by atoms with E-state index in [-0.39, 0.29) is 41.3 Å². The Hall–Kier alpha value is -4.67. The van der Waals surface area contributed by atoms with E-state index in [1.54, 1.807) is 31.8 Å². The number of hydrogen-bond donors (Lipinski definition) is 1. The van der Waals surface area contributed by atoms with Crippen molar-refractivity contribution in [2.75, 3.05) is 37.4 Å². The van der Waals surface area contributed by atoms with Crippen LogP contribution in [0.2, 0.25) is 0 Å². The molecule has 0 amide bonds. The Bertz CT molecular complexity index is 1690. The Balaban J connectivity index is 1.39. The van der Waals surface area contributed by atoms with Crippen molar-refractivity contribution in [2.45, 2.75) is 26.1 Å². The Morgan fingerprint density at radius 1 is 1.20 bits per heavy atom. The fraction of sp³-hybridized carbons (Fsp3) is 0.276. The molecule has 0 saturated heterocycles. The van der Waals surface area contributed by atoms with Crippen molar-refractivity contribution >= 4 is 22.4 Å². The molecule has 0 fully saturated rings. The van der Waals surface area contributed by atoms with E-state index in [0.29, 0.717) is 36.9 Å². The lowest BCUT2D eigenvalue weighted by atomic mass is 10.1. The zero-order valence-electron chi connectivity index (χ0n) is 22.1. The van der Waals surface area contributed by atoms with E-state index >= 15 is 0 Å². The van der Waals surface area contributed by atoms with E-state index in [4.69, 9.17) is 15.2 Å². The van der Waals surface area contributed by atoms with Crippen LogP contribution in [0.25, 0.3) is 10.9 Å². The molecule has 3 aromatic heterocycles. The monoisotopic (exact) mass is 546 g/mol. The fourth-order valence-corrected chi connectivity index (χ4v) is 5.26. The third-order valence-electron chi connectivity index (χ3n) is 7.37. The number of pyridine rings is 3. The van der Waals surface area contributed by atoms with E-state index in [1.807, 2.05) is 29.7 Å². The molecule has 40 heavy (non-hydrogen) atoms. The number of anilines is 2. The molecule has 9 nitrogen and oxygen atoms in total. The molecule has 2 aliphatic rings. The summed E-state index contributed by atoms with van der Waals surface area (Å²) in [5, 5.41) is 0.0958. The molecule has 0 radical (unpaired) electrons. The van der Waals surface area contributed by atoms with E-state index in [1.165, 1.54) is 0 Å². The zero-order chi connectivity index (χ0) is 28.0. The molecular formula is C29H28F2N6O3. The summed E-state index contributed by atoms with van der Waals surface area (Å²) >= 11 is 0. The molecule has 11 heteroatoms. The van der Waals surface area contributed by atoms with Gasteiger partial charge in [0.2, 0.25) is 11.7 Å². The summed E-state index contributed by atoms with van der Waals surface area (Å²) in [6.45, 7) is 4.04. The van der Waals surface area contributed by atoms with E-state index in [2.05, 4.69) is 25.8 Å². The number of halogens is 2. The highest BCUT2D eigenvalue weighted by Gasteiger charge is 2.28. The highest BCUT2D eigenvalue weighted by atomic mass is 19.2. The van der Waals surface area contributed by atoms with Crippen LogP contribution in [0.5, 0.6) is 11.6 Å². The number of hydrogen-bond acceptors (Lipinski definition) is 8. The quantitative estimate of drug-likeness (QED) is 0.371. The first-order chi connectivity index (χ1) is 19.3. The molecule has 0 bridgehead atoms. The number of ether oxygens (including phenoxy) is 2. The molecule has 6 rings (SSSR count). The number of aromatic nitrogens is 3. The van der Waals surface area contributed by atoms with Crippen molar-refractivity contribution in [3.05, 3.63) is 93.7 Å². The molecule has 0 spiro atoms. The summed E-state index contributed by atoms with van der Waals surface area (Å²) in [6, 6.07) is 8.24. The van der Waals surface area contributed by atoms with E-state index < -0.39 is 11.6 Å². The zero-order valence-corrected chi connectivity index (χ0v) is 22.1. The first-order valence-electron chi connectivity index (χ1n) is 12.9. The van der Waals surface area contributed by atoms with Gasteiger partial charge in [-0.05, 0) is 42.8 Å². The summed E-state index contributed by atoms with van der Waals surface area (Å²) in [5.41, 5.74) is 9.03. The van der Waals surface area contributed by atoms with Crippen LogP contribution in [-0.4, -0.2) is 46.2 Å². The van der Waals surface area contributed by atoms with E-state index in [0.717, 1.165) is 23.0 Å². The minimum atomic E-state index is -1.11. The average molecular weight is 547 g/mol. The summed E-state index contributed by atoms with van der Waals surface area (Å²) in [7, 11) is 1.56. The second-order valence-corrected chi connectivity index (χ2v) is 10.0. The molecule has 1 unspecified atom stereocenters. The van der Waals surface area contributed by atoms with Crippen molar-refractivity contribution in [2.24, 2.45) is 0 Å². The molecule has 2 aliphatic heterocycles. The molecule has 5 heterocycles. The molecule has 4 aromatic rings. The third kappa shape index (κ3) is 4.57. The van der Waals surface area contributed by atoms with Crippen LogP contribution in [-0.2, 0) is 13.1 Å². The van der Waals surface area contributed by atoms with Gasteiger partial charge in [0.25, 0.3) is 0 Å². The second-order valence-electron chi connectivity index (χ2n) is 10.0. The maximum absolute atomic E-state index is 14.6. The number of nitrogens with zero attached hydrogens (tertiary/aromatic N) is 5. The molecule has 1 atom stereocenters. The van der Waals surface area contributed by atoms with Gasteiger partial charge >= 0.3 is 0 Å². The van der Waals surface area contributed by atoms with Gasteiger partial charge in [0, 0.05) is 49.4 Å². The van der Waals surface area contributed by atoms with Gasteiger partial charge in [-0.25, -0.2) is 14.4 Å². The van der Waals surface area contributed by atoms with Gasteiger partial charge in [-0.1, -0.05) is 0 Å².